The normalized spacial score (nSPS) is 13.1. The number of nitrogens with one attached hydrogen (secondary N) is 4. The highest BCUT2D eigenvalue weighted by molar-refractivity contribution is 8.17. The van der Waals surface area contributed by atoms with Crippen LogP contribution in [0.15, 0.2) is 72.8 Å². The van der Waals surface area contributed by atoms with E-state index in [1.807, 2.05) is 4.57 Å². The van der Waals surface area contributed by atoms with Gasteiger partial charge in [0.1, 0.15) is 17.1 Å². The highest BCUT2D eigenvalue weighted by Gasteiger charge is 2.37. The molecule has 5 N–H and O–H groups in total. The van der Waals surface area contributed by atoms with Gasteiger partial charge in [0.25, 0.3) is 34.4 Å². The number of ether oxygens (including phenoxy) is 2. The lowest BCUT2D eigenvalue weighted by molar-refractivity contribution is -0.135. The average molecular weight is 1510 g/mol. The minimum absolute atomic E-state index is 0. The highest BCUT2D eigenvalue weighted by Crippen LogP contribution is 2.37. The summed E-state index contributed by atoms with van der Waals surface area (Å²) in [6.45, 7) is 16.4. The van der Waals surface area contributed by atoms with Gasteiger partial charge in [-0.25, -0.2) is 54.4 Å². The summed E-state index contributed by atoms with van der Waals surface area (Å²) in [4.78, 5) is 115. The number of carbonyl (C=O) groups is 9. The van der Waals surface area contributed by atoms with Crippen molar-refractivity contribution in [3.8, 4) is 0 Å². The monoisotopic (exact) mass is 1510 g/mol. The molecule has 9 heterocycles. The number of rotatable bonds is 14. The van der Waals surface area contributed by atoms with Crippen molar-refractivity contribution in [2.24, 2.45) is 0 Å². The van der Waals surface area contributed by atoms with Gasteiger partial charge in [-0.15, -0.1) is 0 Å². The molecule has 107 heavy (non-hydrogen) atoms. The number of hydrogen-bond acceptors (Lipinski definition) is 11. The van der Waals surface area contributed by atoms with Crippen molar-refractivity contribution in [2.45, 2.75) is 148 Å². The molecule has 0 radical (unpaired) electrons. The van der Waals surface area contributed by atoms with Crippen LogP contribution in [0.3, 0.4) is 0 Å². The smallest absolute Gasteiger partial charge is 0.381 e. The van der Waals surface area contributed by atoms with E-state index in [1.165, 1.54) is 31.4 Å². The summed E-state index contributed by atoms with van der Waals surface area (Å²) in [5.41, 5.74) is 7.46. The number of halogens is 8. The SMILES string of the molecule is C.C.C.C.COC(=O)C(=O)c1c(C)c(C(=O)Nc2ccc(F)c(F)c2)c2n1CCC2.COC(=O)c1c(C)c(C(=O)Nc2ccc(F)c(F)c2)c2n1CCC2.Cc1c(C(=O)Nc2ccc(F)c(F)c2)c2n(c1C(=O)O)CCC2.[C-]#[N+]C(C(=O)c1c(C)c(C(=O)Nc2ccc(F)c(F)c2)c2n1CCC2)=S1CCCC1. The lowest BCUT2D eigenvalue weighted by Gasteiger charge is -2.09. The molecule has 570 valence electrons. The molecule has 0 aliphatic carbocycles. The number of benzene rings is 4. The van der Waals surface area contributed by atoms with Gasteiger partial charge in [-0.05, 0) is 174 Å². The molecular weight excluding hydrogens is 1430 g/mol. The summed E-state index contributed by atoms with van der Waals surface area (Å²) in [5, 5.41) is 19.5. The van der Waals surface area contributed by atoms with E-state index in [0.717, 1.165) is 117 Å². The summed E-state index contributed by atoms with van der Waals surface area (Å²) in [5.74, 6) is -12.2. The molecule has 1 saturated heterocycles. The number of Topliss-reactive ketones (excluding diaryl/α,β-unsaturated/α-hetero) is 2. The van der Waals surface area contributed by atoms with Gasteiger partial charge in [-0.2, -0.15) is 10.5 Å². The Hall–Kier alpha value is -11.2. The van der Waals surface area contributed by atoms with Crippen LogP contribution in [0.2, 0.25) is 0 Å². The predicted octanol–water partition coefficient (Wildman–Crippen LogP) is 15.8. The molecule has 4 aromatic carbocycles. The van der Waals surface area contributed by atoms with Crippen molar-refractivity contribution >= 4 is 91.3 Å². The van der Waals surface area contributed by atoms with Gasteiger partial charge in [0, 0.05) is 96.0 Å². The molecule has 30 heteroatoms. The lowest BCUT2D eigenvalue weighted by atomic mass is 10.0. The van der Waals surface area contributed by atoms with Gasteiger partial charge in [-0.3, -0.25) is 24.0 Å². The molecule has 0 atom stereocenters. The maximum atomic E-state index is 13.5. The van der Waals surface area contributed by atoms with E-state index in [1.54, 1.807) is 41.4 Å². The van der Waals surface area contributed by atoms with Crippen molar-refractivity contribution < 1.29 is 92.9 Å². The highest BCUT2D eigenvalue weighted by atomic mass is 32.2. The fourth-order valence-corrected chi connectivity index (χ4v) is 15.9. The fourth-order valence-electron chi connectivity index (χ4n) is 13.8. The maximum absolute atomic E-state index is 13.5. The molecule has 0 saturated carbocycles. The zero-order chi connectivity index (χ0) is 74.6. The molecule has 21 nitrogen and oxygen atoms in total. The first kappa shape index (κ1) is 84.7. The first-order chi connectivity index (χ1) is 49.1. The molecule has 4 aromatic heterocycles. The standard InChI is InChI=1S/C22H21F2N3O2S.C18H16F2N2O4.C17H16F2N2O3.C16H14F2N2O3.4CH4/c1-13-18(21(29)26-14-7-8-15(23)16(24)12-14)17-6-5-9-27(17)19(13)20(28)22(25-2)30-10-3-4-11-30;1-9-14(17(24)21-10-5-6-11(19)12(20)8-10)13-4-3-7-22(13)15(9)16(23)18(25)26-2;1-9-14(13-4-3-7-21(13)15(9)17(23)24-2)16(22)20-10-5-6-11(18)12(19)8-10;1-8-13(12-3-2-6-20(12)14(8)16(22)23)15(21)19-9-4-5-10(17)11(18)7-9;;;;/h7-8,12H,3-6,9-11H2,1H3,(H,26,29);5-6,8H,3-4,7H2,1-2H3,(H,21,24);5-6,8H,3-4,7H2,1-2H3,(H,20,22);4-5,7H,2-3,6H2,1H3,(H,19,21)(H,22,23);4*1H4. The Morgan fingerprint density at radius 2 is 0.692 bits per heavy atom. The molecule has 5 aliphatic rings. The van der Waals surface area contributed by atoms with Crippen LogP contribution in [0, 0.1) is 80.8 Å². The van der Waals surface area contributed by atoms with Gasteiger partial charge in [0.2, 0.25) is 5.78 Å². The number of hydrogen-bond donors (Lipinski definition) is 5. The second-order valence-electron chi connectivity index (χ2n) is 24.5. The Labute approximate surface area is 615 Å². The number of fused-ring (bicyclic) bond motifs is 4. The minimum Gasteiger partial charge on any atom is -0.477 e. The second kappa shape index (κ2) is 35.7. The van der Waals surface area contributed by atoms with Crippen molar-refractivity contribution in [3.05, 3.63) is 221 Å². The van der Waals surface area contributed by atoms with Crippen LogP contribution in [0.1, 0.15) is 197 Å². The summed E-state index contributed by atoms with van der Waals surface area (Å²) >= 11 is 0. The first-order valence-corrected chi connectivity index (χ1v) is 34.0. The third-order valence-corrected chi connectivity index (χ3v) is 20.6. The number of methoxy groups -OCH3 is 2. The van der Waals surface area contributed by atoms with E-state index in [-0.39, 0.29) is 90.7 Å². The molecule has 4 amide bonds. The Balaban J connectivity index is 0.000000222. The lowest BCUT2D eigenvalue weighted by Crippen LogP contribution is -2.20. The Kier molecular flexibility index (Phi) is 28.3. The second-order valence-corrected chi connectivity index (χ2v) is 26.7. The van der Waals surface area contributed by atoms with Crippen LogP contribution < -0.4 is 21.3 Å². The van der Waals surface area contributed by atoms with Crippen molar-refractivity contribution in [3.63, 3.8) is 0 Å². The first-order valence-electron chi connectivity index (χ1n) is 32.4. The number of carbonyl (C=O) groups excluding carboxylic acids is 8. The van der Waals surface area contributed by atoms with E-state index in [2.05, 4.69) is 30.8 Å². The van der Waals surface area contributed by atoms with Gasteiger partial charge >= 0.3 is 17.9 Å². The summed E-state index contributed by atoms with van der Waals surface area (Å²) < 4.78 is 122. The summed E-state index contributed by atoms with van der Waals surface area (Å²) in [7, 11) is 2.08. The van der Waals surface area contributed by atoms with E-state index < -0.39 is 93.9 Å². The van der Waals surface area contributed by atoms with Crippen molar-refractivity contribution in [2.75, 3.05) is 47.0 Å². The number of amides is 4. The van der Waals surface area contributed by atoms with Crippen molar-refractivity contribution in [1.29, 1.82) is 0 Å². The molecule has 5 aliphatic heterocycles. The number of anilines is 4. The van der Waals surface area contributed by atoms with Crippen LogP contribution in [-0.4, -0.2) is 107 Å². The van der Waals surface area contributed by atoms with Gasteiger partial charge in [0.15, 0.2) is 46.5 Å². The predicted molar refractivity (Wildman–Crippen MR) is 391 cm³/mol. The van der Waals surface area contributed by atoms with E-state index in [0.29, 0.717) is 114 Å². The van der Waals surface area contributed by atoms with Gasteiger partial charge < -0.3 is 58.9 Å². The third kappa shape index (κ3) is 17.2. The van der Waals surface area contributed by atoms with Gasteiger partial charge in [0.05, 0.1) is 48.7 Å². The van der Waals surface area contributed by atoms with E-state index in [4.69, 9.17) is 11.3 Å². The molecule has 1 fully saturated rings. The maximum Gasteiger partial charge on any atom is 0.381 e. The van der Waals surface area contributed by atoms with Crippen LogP contribution in [0.25, 0.3) is 4.85 Å². The number of nitrogens with zero attached hydrogens (tertiary/aromatic N) is 5. The number of ketones is 2. The van der Waals surface area contributed by atoms with E-state index >= 15 is 0 Å². The van der Waals surface area contributed by atoms with Crippen LogP contribution in [0.4, 0.5) is 57.9 Å². The molecular formula is C77H83F8N9O12S. The molecule has 0 unspecified atom stereocenters. The Morgan fingerprint density at radius 1 is 0.411 bits per heavy atom. The molecule has 13 rings (SSSR count). The van der Waals surface area contributed by atoms with Crippen LogP contribution >= 0.6 is 10.5 Å². The van der Waals surface area contributed by atoms with E-state index in [9.17, 15) is 83.4 Å². The average Bonchev–Trinajstić information content (AvgIpc) is 1.62. The number of carboxylic acids is 1. The van der Waals surface area contributed by atoms with Crippen molar-refractivity contribution in [1.82, 2.24) is 18.3 Å². The molecule has 0 bridgehead atoms. The number of esters is 2. The van der Waals surface area contributed by atoms with Gasteiger partial charge in [-0.1, -0.05) is 29.7 Å². The minimum atomic E-state index is -1.09. The molecule has 8 aromatic rings. The zero-order valence-corrected chi connectivity index (χ0v) is 57.2. The largest absolute Gasteiger partial charge is 0.477 e. The number of aromatic nitrogens is 4. The number of aromatic carboxylic acids is 1. The summed E-state index contributed by atoms with van der Waals surface area (Å²) in [6.07, 6.45) is 7.66. The van der Waals surface area contributed by atoms with Crippen LogP contribution in [-0.2, 0) is 66.1 Å². The topological polar surface area (TPSA) is 265 Å². The molecule has 0 spiro atoms. The Morgan fingerprint density at radius 3 is 0.972 bits per heavy atom. The zero-order valence-electron chi connectivity index (χ0n) is 56.3. The van der Waals surface area contributed by atoms with Crippen LogP contribution in [0.5, 0.6) is 0 Å². The third-order valence-electron chi connectivity index (χ3n) is 18.2. The quantitative estimate of drug-likeness (QED) is 0.0170. The number of carboxylic acid groups (broad SMARTS) is 1. The fraction of sp³-hybridized carbons (Fsp3) is 0.338. The summed E-state index contributed by atoms with van der Waals surface area (Å²) in [6, 6.07) is 12.4. The Bertz CT molecular complexity index is 4960.